The first kappa shape index (κ1) is 16.8. The van der Waals surface area contributed by atoms with Gasteiger partial charge in [-0.1, -0.05) is 19.1 Å². The van der Waals surface area contributed by atoms with Crippen molar-refractivity contribution in [2.75, 3.05) is 5.88 Å². The van der Waals surface area contributed by atoms with Crippen LogP contribution >= 0.6 is 11.6 Å². The standard InChI is InChI=1S/C16H24ClNO2S/c1-12-6-8-16(11-17,9-7-12)18-21(19,20)15-10-13(2)4-5-14(15)3/h4-5,10,12,18H,6-9,11H2,1-3H3. The van der Waals surface area contributed by atoms with Crippen molar-refractivity contribution in [3.63, 3.8) is 0 Å². The highest BCUT2D eigenvalue weighted by Gasteiger charge is 2.37. The molecule has 0 saturated heterocycles. The van der Waals surface area contributed by atoms with E-state index >= 15 is 0 Å². The summed E-state index contributed by atoms with van der Waals surface area (Å²) in [6.07, 6.45) is 3.65. The van der Waals surface area contributed by atoms with Gasteiger partial charge in [0.15, 0.2) is 0 Å². The fourth-order valence-corrected chi connectivity index (χ4v) is 5.12. The molecule has 0 unspecified atom stereocenters. The Kier molecular flexibility index (Phi) is 5.01. The molecule has 3 nitrogen and oxygen atoms in total. The maximum absolute atomic E-state index is 12.7. The fraction of sp³-hybridized carbons (Fsp3) is 0.625. The fourth-order valence-electron chi connectivity index (χ4n) is 2.91. The van der Waals surface area contributed by atoms with Crippen molar-refractivity contribution in [1.29, 1.82) is 0 Å². The zero-order valence-corrected chi connectivity index (χ0v) is 14.5. The summed E-state index contributed by atoms with van der Waals surface area (Å²) in [5, 5.41) is 0. The Morgan fingerprint density at radius 2 is 1.90 bits per heavy atom. The van der Waals surface area contributed by atoms with Gasteiger partial charge in [0.05, 0.1) is 4.90 Å². The number of nitrogens with one attached hydrogen (secondary N) is 1. The van der Waals surface area contributed by atoms with Crippen LogP contribution in [0.4, 0.5) is 0 Å². The Morgan fingerprint density at radius 3 is 2.48 bits per heavy atom. The van der Waals surface area contributed by atoms with Crippen LogP contribution in [0.5, 0.6) is 0 Å². The summed E-state index contributed by atoms with van der Waals surface area (Å²) in [6, 6.07) is 5.50. The van der Waals surface area contributed by atoms with Gasteiger partial charge in [0, 0.05) is 11.4 Å². The second kappa shape index (κ2) is 6.27. The lowest BCUT2D eigenvalue weighted by molar-refractivity contribution is 0.247. The molecule has 0 spiro atoms. The van der Waals surface area contributed by atoms with Gasteiger partial charge in [-0.2, -0.15) is 0 Å². The van der Waals surface area contributed by atoms with Crippen LogP contribution in [-0.4, -0.2) is 19.8 Å². The molecule has 0 amide bonds. The van der Waals surface area contributed by atoms with E-state index in [2.05, 4.69) is 11.6 Å². The van der Waals surface area contributed by atoms with Gasteiger partial charge >= 0.3 is 0 Å². The average molecular weight is 330 g/mol. The van der Waals surface area contributed by atoms with Gasteiger partial charge in [-0.15, -0.1) is 11.6 Å². The van der Waals surface area contributed by atoms with Crippen LogP contribution in [0.2, 0.25) is 0 Å². The van der Waals surface area contributed by atoms with E-state index < -0.39 is 15.6 Å². The lowest BCUT2D eigenvalue weighted by Gasteiger charge is -2.38. The molecule has 118 valence electrons. The minimum Gasteiger partial charge on any atom is -0.207 e. The molecule has 21 heavy (non-hydrogen) atoms. The van der Waals surface area contributed by atoms with Gasteiger partial charge in [0.25, 0.3) is 0 Å². The first-order valence-electron chi connectivity index (χ1n) is 7.45. The van der Waals surface area contributed by atoms with Gasteiger partial charge in [-0.05, 0) is 62.6 Å². The maximum Gasteiger partial charge on any atom is 0.241 e. The number of benzene rings is 1. The van der Waals surface area contributed by atoms with Crippen molar-refractivity contribution in [2.45, 2.75) is 56.9 Å². The average Bonchev–Trinajstić information content (AvgIpc) is 2.44. The predicted octanol–water partition coefficient (Wildman–Crippen LogP) is 3.77. The normalized spacial score (nSPS) is 26.8. The van der Waals surface area contributed by atoms with Gasteiger partial charge in [0.2, 0.25) is 10.0 Å². The molecule has 0 aliphatic heterocycles. The summed E-state index contributed by atoms with van der Waals surface area (Å²) in [6.45, 7) is 5.93. The van der Waals surface area contributed by atoms with E-state index in [1.165, 1.54) is 0 Å². The molecule has 2 rings (SSSR count). The Bertz CT molecular complexity index is 605. The Hall–Kier alpha value is -0.580. The molecule has 0 radical (unpaired) electrons. The van der Waals surface area contributed by atoms with Crippen LogP contribution in [0.25, 0.3) is 0 Å². The summed E-state index contributed by atoms with van der Waals surface area (Å²) in [7, 11) is -3.54. The molecule has 5 heteroatoms. The summed E-state index contributed by atoms with van der Waals surface area (Å²) in [4.78, 5) is 0.366. The summed E-state index contributed by atoms with van der Waals surface area (Å²) in [5.41, 5.74) is 1.21. The summed E-state index contributed by atoms with van der Waals surface area (Å²) < 4.78 is 28.4. The molecule has 1 fully saturated rings. The Labute approximate surface area is 133 Å². The van der Waals surface area contributed by atoms with E-state index in [9.17, 15) is 8.42 Å². The SMILES string of the molecule is Cc1ccc(C)c(S(=O)(=O)NC2(CCl)CCC(C)CC2)c1. The zero-order chi connectivity index (χ0) is 15.7. The highest BCUT2D eigenvalue weighted by molar-refractivity contribution is 7.89. The number of alkyl halides is 1. The van der Waals surface area contributed by atoms with Crippen molar-refractivity contribution in [1.82, 2.24) is 4.72 Å². The highest BCUT2D eigenvalue weighted by atomic mass is 35.5. The highest BCUT2D eigenvalue weighted by Crippen LogP contribution is 2.34. The number of sulfonamides is 1. The van der Waals surface area contributed by atoms with Crippen molar-refractivity contribution in [3.8, 4) is 0 Å². The van der Waals surface area contributed by atoms with E-state index in [1.54, 1.807) is 6.07 Å². The zero-order valence-electron chi connectivity index (χ0n) is 12.9. The Morgan fingerprint density at radius 1 is 1.29 bits per heavy atom. The monoisotopic (exact) mass is 329 g/mol. The first-order valence-corrected chi connectivity index (χ1v) is 9.47. The van der Waals surface area contributed by atoms with Crippen LogP contribution in [-0.2, 0) is 10.0 Å². The van der Waals surface area contributed by atoms with Gasteiger partial charge in [-0.3, -0.25) is 0 Å². The molecule has 0 heterocycles. The first-order chi connectivity index (χ1) is 9.78. The van der Waals surface area contributed by atoms with E-state index in [0.717, 1.165) is 36.8 Å². The molecule has 1 aliphatic rings. The number of aryl methyl sites for hydroxylation is 2. The topological polar surface area (TPSA) is 46.2 Å². The van der Waals surface area contributed by atoms with E-state index in [0.29, 0.717) is 16.7 Å². The molecular formula is C16H24ClNO2S. The summed E-state index contributed by atoms with van der Waals surface area (Å²) in [5.74, 6) is 0.968. The molecule has 1 saturated carbocycles. The van der Waals surface area contributed by atoms with Crippen molar-refractivity contribution < 1.29 is 8.42 Å². The summed E-state index contributed by atoms with van der Waals surface area (Å²) >= 11 is 6.12. The third-order valence-corrected chi connectivity index (χ3v) is 6.70. The predicted molar refractivity (Wildman–Crippen MR) is 87.3 cm³/mol. The molecule has 0 aromatic heterocycles. The van der Waals surface area contributed by atoms with Crippen molar-refractivity contribution >= 4 is 21.6 Å². The third kappa shape index (κ3) is 3.79. The second-order valence-electron chi connectivity index (χ2n) is 6.47. The third-order valence-electron chi connectivity index (χ3n) is 4.47. The van der Waals surface area contributed by atoms with Gasteiger partial charge in [0.1, 0.15) is 0 Å². The smallest absolute Gasteiger partial charge is 0.207 e. The van der Waals surface area contributed by atoms with Crippen LogP contribution in [0.3, 0.4) is 0 Å². The molecule has 1 aromatic rings. The van der Waals surface area contributed by atoms with Gasteiger partial charge < -0.3 is 0 Å². The van der Waals surface area contributed by atoms with Crippen molar-refractivity contribution in [2.24, 2.45) is 5.92 Å². The minimum atomic E-state index is -3.54. The lowest BCUT2D eigenvalue weighted by Crippen LogP contribution is -2.52. The van der Waals surface area contributed by atoms with E-state index in [1.807, 2.05) is 26.0 Å². The molecule has 0 bridgehead atoms. The minimum absolute atomic E-state index is 0.323. The van der Waals surface area contributed by atoms with E-state index in [-0.39, 0.29) is 0 Å². The largest absolute Gasteiger partial charge is 0.241 e. The molecular weight excluding hydrogens is 306 g/mol. The lowest BCUT2D eigenvalue weighted by atomic mass is 9.79. The molecule has 1 aromatic carbocycles. The number of halogens is 1. The molecule has 1 N–H and O–H groups in total. The molecule has 0 atom stereocenters. The van der Waals surface area contributed by atoms with E-state index in [4.69, 9.17) is 11.6 Å². The van der Waals surface area contributed by atoms with Crippen LogP contribution in [0.15, 0.2) is 23.1 Å². The maximum atomic E-state index is 12.7. The van der Waals surface area contributed by atoms with Crippen molar-refractivity contribution in [3.05, 3.63) is 29.3 Å². The second-order valence-corrected chi connectivity index (χ2v) is 8.39. The number of rotatable bonds is 4. The quantitative estimate of drug-likeness (QED) is 0.855. The Balaban J connectivity index is 2.29. The molecule has 1 aliphatic carbocycles. The van der Waals surface area contributed by atoms with Crippen LogP contribution < -0.4 is 4.72 Å². The van der Waals surface area contributed by atoms with Gasteiger partial charge in [-0.25, -0.2) is 13.1 Å². The van der Waals surface area contributed by atoms with Crippen LogP contribution in [0, 0.1) is 19.8 Å². The van der Waals surface area contributed by atoms with Crippen LogP contribution in [0.1, 0.15) is 43.7 Å². The number of hydrogen-bond acceptors (Lipinski definition) is 2. The number of hydrogen-bond donors (Lipinski definition) is 1.